The van der Waals surface area contributed by atoms with E-state index in [2.05, 4.69) is 4.90 Å². The number of carbonyl (C=O) groups is 1. The first kappa shape index (κ1) is 11.9. The highest BCUT2D eigenvalue weighted by Crippen LogP contribution is 2.31. The van der Waals surface area contributed by atoms with E-state index in [0.29, 0.717) is 10.1 Å². The molecule has 94 valence electrons. The highest BCUT2D eigenvalue weighted by molar-refractivity contribution is 7.80. The molecular formula is C13H13ClN2OS. The Morgan fingerprint density at radius 3 is 2.61 bits per heavy atom. The van der Waals surface area contributed by atoms with Crippen LogP contribution in [0.25, 0.3) is 0 Å². The van der Waals surface area contributed by atoms with Gasteiger partial charge in [-0.15, -0.1) is 0 Å². The van der Waals surface area contributed by atoms with Gasteiger partial charge in [-0.25, -0.2) is 0 Å². The maximum Gasteiger partial charge on any atom is 0.256 e. The summed E-state index contributed by atoms with van der Waals surface area (Å²) in [6.45, 7) is 0.888. The van der Waals surface area contributed by atoms with Crippen molar-refractivity contribution in [3.8, 4) is 0 Å². The van der Waals surface area contributed by atoms with E-state index in [0.717, 1.165) is 31.5 Å². The summed E-state index contributed by atoms with van der Waals surface area (Å²) >= 11 is 11.3. The molecule has 0 unspecified atom stereocenters. The van der Waals surface area contributed by atoms with Crippen molar-refractivity contribution in [3.05, 3.63) is 29.3 Å². The Labute approximate surface area is 116 Å². The topological polar surface area (TPSA) is 23.6 Å². The summed E-state index contributed by atoms with van der Waals surface area (Å²) < 4.78 is 0. The van der Waals surface area contributed by atoms with Crippen LogP contribution in [0, 0.1) is 0 Å². The van der Waals surface area contributed by atoms with Crippen molar-refractivity contribution >= 4 is 40.5 Å². The number of anilines is 1. The molecule has 0 aromatic heterocycles. The first-order chi connectivity index (χ1) is 8.68. The van der Waals surface area contributed by atoms with Crippen molar-refractivity contribution in [2.45, 2.75) is 25.3 Å². The molecule has 1 aromatic carbocycles. The van der Waals surface area contributed by atoms with E-state index in [1.165, 1.54) is 0 Å². The van der Waals surface area contributed by atoms with Crippen molar-refractivity contribution < 1.29 is 4.79 Å². The van der Waals surface area contributed by atoms with Gasteiger partial charge in [-0.1, -0.05) is 11.6 Å². The molecule has 2 heterocycles. The summed E-state index contributed by atoms with van der Waals surface area (Å²) in [6.07, 6.45) is 3.12. The predicted molar refractivity (Wildman–Crippen MR) is 75.9 cm³/mol. The zero-order valence-corrected chi connectivity index (χ0v) is 11.4. The smallest absolute Gasteiger partial charge is 0.256 e. The SMILES string of the molecule is O=C1[C@@H]2CCCCN2C(=S)N1c1ccc(Cl)cc1. The Balaban J connectivity index is 1.95. The first-order valence-corrected chi connectivity index (χ1v) is 6.87. The lowest BCUT2D eigenvalue weighted by atomic mass is 10.0. The van der Waals surface area contributed by atoms with Gasteiger partial charge in [0, 0.05) is 11.6 Å². The molecule has 0 radical (unpaired) electrons. The number of nitrogens with zero attached hydrogens (tertiary/aromatic N) is 2. The second kappa shape index (κ2) is 4.52. The fraction of sp³-hybridized carbons (Fsp3) is 0.385. The summed E-state index contributed by atoms with van der Waals surface area (Å²) in [6, 6.07) is 7.19. The minimum Gasteiger partial charge on any atom is -0.336 e. The molecule has 0 bridgehead atoms. The normalized spacial score (nSPS) is 23.5. The van der Waals surface area contributed by atoms with E-state index in [1.807, 2.05) is 12.1 Å². The van der Waals surface area contributed by atoms with E-state index in [1.54, 1.807) is 17.0 Å². The number of fused-ring (bicyclic) bond motifs is 1. The van der Waals surface area contributed by atoms with Crippen LogP contribution in [0.2, 0.25) is 5.02 Å². The number of hydrogen-bond donors (Lipinski definition) is 0. The molecule has 5 heteroatoms. The number of benzene rings is 1. The third-order valence-corrected chi connectivity index (χ3v) is 4.20. The Morgan fingerprint density at radius 2 is 1.94 bits per heavy atom. The van der Waals surface area contributed by atoms with Crippen molar-refractivity contribution in [3.63, 3.8) is 0 Å². The maximum absolute atomic E-state index is 12.4. The molecule has 1 atom stereocenters. The average molecular weight is 281 g/mol. The van der Waals surface area contributed by atoms with Crippen LogP contribution in [0.15, 0.2) is 24.3 Å². The lowest BCUT2D eigenvalue weighted by Crippen LogP contribution is -2.38. The van der Waals surface area contributed by atoms with Crippen molar-refractivity contribution in [1.82, 2.24) is 4.90 Å². The van der Waals surface area contributed by atoms with Crippen LogP contribution in [0.1, 0.15) is 19.3 Å². The number of hydrogen-bond acceptors (Lipinski definition) is 2. The molecule has 2 aliphatic heterocycles. The zero-order chi connectivity index (χ0) is 12.7. The first-order valence-electron chi connectivity index (χ1n) is 6.08. The number of carbonyl (C=O) groups excluding carboxylic acids is 1. The molecule has 0 spiro atoms. The molecule has 2 saturated heterocycles. The molecule has 18 heavy (non-hydrogen) atoms. The van der Waals surface area contributed by atoms with Crippen molar-refractivity contribution in [2.75, 3.05) is 11.4 Å². The second-order valence-corrected chi connectivity index (χ2v) is 5.44. The maximum atomic E-state index is 12.4. The van der Waals surface area contributed by atoms with E-state index in [9.17, 15) is 4.79 Å². The Bertz CT molecular complexity index is 478. The van der Waals surface area contributed by atoms with Crippen LogP contribution < -0.4 is 4.90 Å². The number of thiocarbonyl (C=S) groups is 1. The molecule has 2 fully saturated rings. The Hall–Kier alpha value is -1.13. The Morgan fingerprint density at radius 1 is 1.22 bits per heavy atom. The molecule has 0 saturated carbocycles. The van der Waals surface area contributed by atoms with Crippen LogP contribution in [0.5, 0.6) is 0 Å². The van der Waals surface area contributed by atoms with Gasteiger partial charge in [0.05, 0.1) is 5.69 Å². The molecular weight excluding hydrogens is 268 g/mol. The van der Waals surface area contributed by atoms with E-state index >= 15 is 0 Å². The lowest BCUT2D eigenvalue weighted by molar-refractivity contribution is -0.120. The fourth-order valence-electron chi connectivity index (χ4n) is 2.62. The van der Waals surface area contributed by atoms with Crippen LogP contribution >= 0.6 is 23.8 Å². The molecule has 1 aromatic rings. The van der Waals surface area contributed by atoms with Gasteiger partial charge in [0.1, 0.15) is 6.04 Å². The summed E-state index contributed by atoms with van der Waals surface area (Å²) in [5.74, 6) is 0.0991. The van der Waals surface area contributed by atoms with Crippen LogP contribution in [0.4, 0.5) is 5.69 Å². The van der Waals surface area contributed by atoms with Crippen molar-refractivity contribution in [2.24, 2.45) is 0 Å². The van der Waals surface area contributed by atoms with E-state index in [4.69, 9.17) is 23.8 Å². The second-order valence-electron chi connectivity index (χ2n) is 4.64. The van der Waals surface area contributed by atoms with Gasteiger partial charge in [-0.3, -0.25) is 9.69 Å². The molecule has 0 aliphatic carbocycles. The predicted octanol–water partition coefficient (Wildman–Crippen LogP) is 2.83. The molecule has 2 aliphatic rings. The minimum absolute atomic E-state index is 0.0538. The lowest BCUT2D eigenvalue weighted by Gasteiger charge is -2.27. The largest absolute Gasteiger partial charge is 0.336 e. The highest BCUT2D eigenvalue weighted by atomic mass is 35.5. The highest BCUT2D eigenvalue weighted by Gasteiger charge is 2.43. The monoisotopic (exact) mass is 280 g/mol. The number of rotatable bonds is 1. The number of halogens is 1. The van der Waals surface area contributed by atoms with Gasteiger partial charge < -0.3 is 4.90 Å². The summed E-state index contributed by atoms with van der Waals surface area (Å²) in [5, 5.41) is 1.29. The summed E-state index contributed by atoms with van der Waals surface area (Å²) in [7, 11) is 0. The summed E-state index contributed by atoms with van der Waals surface area (Å²) in [5.41, 5.74) is 0.809. The Kier molecular flexibility index (Phi) is 2.99. The van der Waals surface area contributed by atoms with Gasteiger partial charge >= 0.3 is 0 Å². The average Bonchev–Trinajstić information content (AvgIpc) is 2.64. The van der Waals surface area contributed by atoms with Crippen LogP contribution in [-0.4, -0.2) is 28.5 Å². The molecule has 3 nitrogen and oxygen atoms in total. The molecule has 0 N–H and O–H groups in total. The van der Waals surface area contributed by atoms with Gasteiger partial charge in [-0.05, 0) is 55.7 Å². The number of amides is 1. The quantitative estimate of drug-likeness (QED) is 0.739. The molecule has 3 rings (SSSR count). The third kappa shape index (κ3) is 1.80. The van der Waals surface area contributed by atoms with E-state index in [-0.39, 0.29) is 11.9 Å². The van der Waals surface area contributed by atoms with Gasteiger partial charge in [0.2, 0.25) is 0 Å². The zero-order valence-electron chi connectivity index (χ0n) is 9.80. The summed E-state index contributed by atoms with van der Waals surface area (Å²) in [4.78, 5) is 16.1. The minimum atomic E-state index is -0.0538. The van der Waals surface area contributed by atoms with Crippen molar-refractivity contribution in [1.29, 1.82) is 0 Å². The fourth-order valence-corrected chi connectivity index (χ4v) is 3.16. The van der Waals surface area contributed by atoms with Gasteiger partial charge in [0.15, 0.2) is 5.11 Å². The molecule has 1 amide bonds. The van der Waals surface area contributed by atoms with Crippen LogP contribution in [0.3, 0.4) is 0 Å². The number of piperidine rings is 1. The standard InChI is InChI=1S/C13H13ClN2OS/c14-9-4-6-10(7-5-9)16-12(17)11-3-1-2-8-15(11)13(16)18/h4-7,11H,1-3,8H2/t11-/m0/s1. The van der Waals surface area contributed by atoms with Gasteiger partial charge in [0.25, 0.3) is 5.91 Å². The van der Waals surface area contributed by atoms with Crippen LogP contribution in [-0.2, 0) is 4.79 Å². The van der Waals surface area contributed by atoms with E-state index < -0.39 is 0 Å². The van der Waals surface area contributed by atoms with Gasteiger partial charge in [-0.2, -0.15) is 0 Å². The third-order valence-electron chi connectivity index (χ3n) is 3.53.